The van der Waals surface area contributed by atoms with E-state index >= 15 is 0 Å². The van der Waals surface area contributed by atoms with Gasteiger partial charge in [0.05, 0.1) is 12.6 Å². The van der Waals surface area contributed by atoms with Crippen LogP contribution < -0.4 is 0 Å². The highest BCUT2D eigenvalue weighted by Gasteiger charge is 2.34. The van der Waals surface area contributed by atoms with Crippen LogP contribution in [0, 0.1) is 5.92 Å². The number of imide groups is 1. The lowest BCUT2D eigenvalue weighted by Crippen LogP contribution is -2.35. The van der Waals surface area contributed by atoms with Crippen molar-refractivity contribution in [1.82, 2.24) is 9.80 Å². The zero-order chi connectivity index (χ0) is 15.6. The highest BCUT2D eigenvalue weighted by Crippen LogP contribution is 2.19. The molecule has 0 spiro atoms. The molecule has 1 saturated heterocycles. The van der Waals surface area contributed by atoms with Gasteiger partial charge in [0.2, 0.25) is 5.91 Å². The van der Waals surface area contributed by atoms with E-state index in [1.54, 1.807) is 7.05 Å². The predicted molar refractivity (Wildman–Crippen MR) is 79.7 cm³/mol. The molecule has 1 unspecified atom stereocenters. The minimum absolute atomic E-state index is 0.00549. The summed E-state index contributed by atoms with van der Waals surface area (Å²) < 4.78 is 0. The molecule has 5 heteroatoms. The number of aliphatic hydroxyl groups is 1. The number of rotatable bonds is 5. The van der Waals surface area contributed by atoms with E-state index in [1.807, 2.05) is 24.3 Å². The molecule has 0 aromatic heterocycles. The molecule has 1 N–H and O–H groups in total. The van der Waals surface area contributed by atoms with Crippen LogP contribution in [0.4, 0.5) is 4.79 Å². The van der Waals surface area contributed by atoms with Gasteiger partial charge in [-0.25, -0.2) is 4.79 Å². The largest absolute Gasteiger partial charge is 0.387 e. The fourth-order valence-electron chi connectivity index (χ4n) is 2.47. The molecule has 0 saturated carbocycles. The molecule has 1 fully saturated rings. The summed E-state index contributed by atoms with van der Waals surface area (Å²) in [5.74, 6) is 0.314. The van der Waals surface area contributed by atoms with Crippen LogP contribution in [0.15, 0.2) is 24.3 Å². The molecule has 21 heavy (non-hydrogen) atoms. The molecule has 5 nitrogen and oxygen atoms in total. The van der Waals surface area contributed by atoms with Crippen molar-refractivity contribution in [2.45, 2.75) is 26.4 Å². The van der Waals surface area contributed by atoms with Crippen molar-refractivity contribution >= 4 is 11.9 Å². The first-order valence-corrected chi connectivity index (χ1v) is 7.21. The van der Waals surface area contributed by atoms with Gasteiger partial charge in [-0.05, 0) is 23.5 Å². The smallest absolute Gasteiger partial charge is 0.327 e. The normalized spacial score (nSPS) is 17.0. The van der Waals surface area contributed by atoms with Gasteiger partial charge in [-0.15, -0.1) is 0 Å². The minimum Gasteiger partial charge on any atom is -0.387 e. The number of urea groups is 1. The Hall–Kier alpha value is -1.88. The number of hydrogen-bond acceptors (Lipinski definition) is 3. The second-order valence-electron chi connectivity index (χ2n) is 6.00. The van der Waals surface area contributed by atoms with E-state index < -0.39 is 6.10 Å². The van der Waals surface area contributed by atoms with Gasteiger partial charge < -0.3 is 10.0 Å². The molecule has 1 heterocycles. The standard InChI is InChI=1S/C16H22N2O3/c1-11(2)8-12-4-6-13(7-5-12)14(19)9-18-15(20)10-17(3)16(18)21/h4-7,11,14,19H,8-10H2,1-3H3. The number of β-amino-alcohol motifs (C(OH)–C–C–N with tert-alkyl or cyclic N) is 1. The molecular weight excluding hydrogens is 268 g/mol. The molecular formula is C16H22N2O3. The van der Waals surface area contributed by atoms with E-state index in [2.05, 4.69) is 13.8 Å². The number of amides is 3. The summed E-state index contributed by atoms with van der Waals surface area (Å²) in [5, 5.41) is 10.2. The van der Waals surface area contributed by atoms with Crippen molar-refractivity contribution in [3.63, 3.8) is 0 Å². The third-order valence-corrected chi connectivity index (χ3v) is 3.59. The molecule has 0 aliphatic carbocycles. The Morgan fingerprint density at radius 3 is 2.29 bits per heavy atom. The summed E-state index contributed by atoms with van der Waals surface area (Å²) in [6.45, 7) is 4.40. The van der Waals surface area contributed by atoms with E-state index in [9.17, 15) is 14.7 Å². The van der Waals surface area contributed by atoms with Crippen LogP contribution in [0.2, 0.25) is 0 Å². The fraction of sp³-hybridized carbons (Fsp3) is 0.500. The monoisotopic (exact) mass is 290 g/mol. The molecule has 1 aliphatic rings. The average molecular weight is 290 g/mol. The summed E-state index contributed by atoms with van der Waals surface area (Å²) in [5.41, 5.74) is 1.94. The van der Waals surface area contributed by atoms with Gasteiger partial charge in [0, 0.05) is 7.05 Å². The number of nitrogens with zero attached hydrogens (tertiary/aromatic N) is 2. The van der Waals surface area contributed by atoms with Crippen molar-refractivity contribution in [3.05, 3.63) is 35.4 Å². The lowest BCUT2D eigenvalue weighted by Gasteiger charge is -2.19. The van der Waals surface area contributed by atoms with Gasteiger partial charge in [0.15, 0.2) is 0 Å². The van der Waals surface area contributed by atoms with Crippen molar-refractivity contribution in [1.29, 1.82) is 0 Å². The van der Waals surface area contributed by atoms with Gasteiger partial charge in [-0.1, -0.05) is 38.1 Å². The summed E-state index contributed by atoms with van der Waals surface area (Å²) in [4.78, 5) is 25.9. The zero-order valence-electron chi connectivity index (χ0n) is 12.7. The Kier molecular flexibility index (Phi) is 4.63. The van der Waals surface area contributed by atoms with Crippen molar-refractivity contribution in [2.75, 3.05) is 20.1 Å². The van der Waals surface area contributed by atoms with Crippen LogP contribution in [0.5, 0.6) is 0 Å². The quantitative estimate of drug-likeness (QED) is 0.841. The number of benzene rings is 1. The highest BCUT2D eigenvalue weighted by molar-refractivity contribution is 6.01. The second kappa shape index (κ2) is 6.26. The summed E-state index contributed by atoms with van der Waals surface area (Å²) in [6, 6.07) is 7.33. The van der Waals surface area contributed by atoms with Gasteiger partial charge >= 0.3 is 6.03 Å². The van der Waals surface area contributed by atoms with Gasteiger partial charge in [-0.3, -0.25) is 9.69 Å². The van der Waals surface area contributed by atoms with E-state index in [0.717, 1.165) is 16.9 Å². The number of carbonyl (C=O) groups is 2. The summed E-state index contributed by atoms with van der Waals surface area (Å²) in [6.07, 6.45) is 0.141. The Morgan fingerprint density at radius 1 is 1.19 bits per heavy atom. The Bertz CT molecular complexity index is 525. The number of aliphatic hydroxyl groups excluding tert-OH is 1. The van der Waals surface area contributed by atoms with E-state index in [1.165, 1.54) is 10.5 Å². The van der Waals surface area contributed by atoms with E-state index in [4.69, 9.17) is 0 Å². The number of carbonyl (C=O) groups excluding carboxylic acids is 2. The fourth-order valence-corrected chi connectivity index (χ4v) is 2.47. The Labute approximate surface area is 125 Å². The van der Waals surface area contributed by atoms with Crippen LogP contribution in [-0.2, 0) is 11.2 Å². The van der Waals surface area contributed by atoms with Crippen LogP contribution in [0.25, 0.3) is 0 Å². The van der Waals surface area contributed by atoms with Crippen molar-refractivity contribution < 1.29 is 14.7 Å². The summed E-state index contributed by atoms with van der Waals surface area (Å²) in [7, 11) is 1.58. The lowest BCUT2D eigenvalue weighted by molar-refractivity contribution is -0.126. The molecule has 1 aliphatic heterocycles. The lowest BCUT2D eigenvalue weighted by atomic mass is 10.00. The number of likely N-dealkylation sites (N-methyl/N-ethyl adjacent to an activating group) is 1. The number of hydrogen-bond donors (Lipinski definition) is 1. The summed E-state index contributed by atoms with van der Waals surface area (Å²) >= 11 is 0. The maximum absolute atomic E-state index is 11.8. The molecule has 2 rings (SSSR count). The van der Waals surface area contributed by atoms with Gasteiger partial charge in [-0.2, -0.15) is 0 Å². The molecule has 0 radical (unpaired) electrons. The van der Waals surface area contributed by atoms with Gasteiger partial charge in [0.1, 0.15) is 6.54 Å². The van der Waals surface area contributed by atoms with E-state index in [0.29, 0.717) is 5.92 Å². The van der Waals surface area contributed by atoms with Crippen molar-refractivity contribution in [2.24, 2.45) is 5.92 Å². The maximum atomic E-state index is 11.8. The van der Waals surface area contributed by atoms with Crippen LogP contribution in [-0.4, -0.2) is 47.0 Å². The van der Waals surface area contributed by atoms with Crippen molar-refractivity contribution in [3.8, 4) is 0 Å². The van der Waals surface area contributed by atoms with E-state index in [-0.39, 0.29) is 25.0 Å². The second-order valence-corrected chi connectivity index (χ2v) is 6.00. The third-order valence-electron chi connectivity index (χ3n) is 3.59. The van der Waals surface area contributed by atoms with Gasteiger partial charge in [0.25, 0.3) is 0 Å². The van der Waals surface area contributed by atoms with Crippen LogP contribution >= 0.6 is 0 Å². The minimum atomic E-state index is -0.850. The Morgan fingerprint density at radius 2 is 1.81 bits per heavy atom. The Balaban J connectivity index is 2.02. The molecule has 1 aromatic rings. The molecule has 0 bridgehead atoms. The first-order valence-electron chi connectivity index (χ1n) is 7.21. The molecule has 1 aromatic carbocycles. The molecule has 114 valence electrons. The first kappa shape index (κ1) is 15.5. The first-order chi connectivity index (χ1) is 9.88. The molecule has 3 amide bonds. The predicted octanol–water partition coefficient (Wildman–Crippen LogP) is 1.81. The third kappa shape index (κ3) is 3.61. The SMILES string of the molecule is CC(C)Cc1ccc(C(O)CN2C(=O)CN(C)C2=O)cc1. The zero-order valence-corrected chi connectivity index (χ0v) is 12.7. The average Bonchev–Trinajstić information content (AvgIpc) is 2.65. The highest BCUT2D eigenvalue weighted by atomic mass is 16.3. The molecule has 1 atom stereocenters. The topological polar surface area (TPSA) is 60.9 Å². The van der Waals surface area contributed by atoms with Crippen LogP contribution in [0.3, 0.4) is 0 Å². The maximum Gasteiger partial charge on any atom is 0.327 e. The van der Waals surface area contributed by atoms with Crippen LogP contribution in [0.1, 0.15) is 31.1 Å².